The highest BCUT2D eigenvalue weighted by Gasteiger charge is 2.25. The molecule has 1 aromatic rings. The van der Waals surface area contributed by atoms with Crippen LogP contribution >= 0.6 is 0 Å². The summed E-state index contributed by atoms with van der Waals surface area (Å²) < 4.78 is 0. The summed E-state index contributed by atoms with van der Waals surface area (Å²) >= 11 is 0. The second-order valence-electron chi connectivity index (χ2n) is 6.82. The molecule has 0 spiro atoms. The monoisotopic (exact) mass is 273 g/mol. The maximum Gasteiger partial charge on any atom is 0.131 e. The van der Waals surface area contributed by atoms with Crippen molar-refractivity contribution in [3.05, 3.63) is 23.4 Å². The number of pyridine rings is 1. The summed E-state index contributed by atoms with van der Waals surface area (Å²) in [4.78, 5) is 7.27. The lowest BCUT2D eigenvalue weighted by molar-refractivity contribution is 0.387. The Morgan fingerprint density at radius 2 is 2.05 bits per heavy atom. The molecule has 1 saturated heterocycles. The number of anilines is 1. The molecule has 2 aliphatic rings. The molecule has 0 amide bonds. The number of nitrogens with one attached hydrogen (secondary N) is 1. The van der Waals surface area contributed by atoms with E-state index < -0.39 is 0 Å². The van der Waals surface area contributed by atoms with E-state index in [1.54, 1.807) is 0 Å². The molecule has 0 bridgehead atoms. The quantitative estimate of drug-likeness (QED) is 0.912. The molecule has 1 aliphatic carbocycles. The molecule has 0 radical (unpaired) electrons. The van der Waals surface area contributed by atoms with E-state index in [1.807, 2.05) is 0 Å². The van der Waals surface area contributed by atoms with Crippen molar-refractivity contribution < 1.29 is 0 Å². The van der Waals surface area contributed by atoms with Gasteiger partial charge in [-0.3, -0.25) is 0 Å². The first-order valence-electron chi connectivity index (χ1n) is 8.09. The van der Waals surface area contributed by atoms with Crippen molar-refractivity contribution in [2.24, 2.45) is 5.92 Å². The van der Waals surface area contributed by atoms with Crippen LogP contribution in [-0.2, 0) is 6.54 Å². The van der Waals surface area contributed by atoms with E-state index in [1.165, 1.54) is 42.6 Å². The number of piperidine rings is 1. The lowest BCUT2D eigenvalue weighted by atomic mass is 9.94. The minimum absolute atomic E-state index is 0.618. The van der Waals surface area contributed by atoms with Gasteiger partial charge in [-0.25, -0.2) is 4.98 Å². The van der Waals surface area contributed by atoms with Gasteiger partial charge in [0.05, 0.1) is 0 Å². The molecule has 1 aliphatic heterocycles. The van der Waals surface area contributed by atoms with Gasteiger partial charge in [-0.15, -0.1) is 0 Å². The van der Waals surface area contributed by atoms with Crippen LogP contribution in [0.15, 0.2) is 12.3 Å². The highest BCUT2D eigenvalue weighted by Crippen LogP contribution is 2.28. The first-order chi connectivity index (χ1) is 9.63. The van der Waals surface area contributed by atoms with Gasteiger partial charge in [0.15, 0.2) is 0 Å². The molecule has 1 N–H and O–H groups in total. The molecular formula is C17H27N3. The number of hydrogen-bond acceptors (Lipinski definition) is 3. The van der Waals surface area contributed by atoms with Gasteiger partial charge in [-0.2, -0.15) is 0 Å². The maximum absolute atomic E-state index is 4.77. The van der Waals surface area contributed by atoms with Gasteiger partial charge in [0.1, 0.15) is 5.82 Å². The lowest BCUT2D eigenvalue weighted by Crippen LogP contribution is -2.42. The summed E-state index contributed by atoms with van der Waals surface area (Å²) in [6.45, 7) is 8.99. The minimum Gasteiger partial charge on any atom is -0.353 e. The van der Waals surface area contributed by atoms with E-state index in [4.69, 9.17) is 4.98 Å². The molecule has 20 heavy (non-hydrogen) atoms. The number of rotatable bonds is 4. The minimum atomic E-state index is 0.618. The average Bonchev–Trinajstić information content (AvgIpc) is 3.24. The first-order valence-corrected chi connectivity index (χ1v) is 8.09. The topological polar surface area (TPSA) is 28.2 Å². The van der Waals surface area contributed by atoms with Gasteiger partial charge in [-0.1, -0.05) is 6.92 Å². The van der Waals surface area contributed by atoms with Crippen LogP contribution in [-0.4, -0.2) is 23.6 Å². The Kier molecular flexibility index (Phi) is 3.97. The molecule has 110 valence electrons. The first kappa shape index (κ1) is 13.9. The van der Waals surface area contributed by atoms with Crippen LogP contribution in [0.3, 0.4) is 0 Å². The fourth-order valence-electron chi connectivity index (χ4n) is 3.16. The predicted molar refractivity (Wildman–Crippen MR) is 84.0 cm³/mol. The largest absolute Gasteiger partial charge is 0.353 e. The van der Waals surface area contributed by atoms with Gasteiger partial charge in [-0.05, 0) is 62.6 Å². The molecule has 3 heteroatoms. The fourth-order valence-corrected chi connectivity index (χ4v) is 3.16. The fraction of sp³-hybridized carbons (Fsp3) is 0.706. The third-order valence-electron chi connectivity index (χ3n) is 4.67. The van der Waals surface area contributed by atoms with Crippen LogP contribution in [0.4, 0.5) is 5.82 Å². The second kappa shape index (κ2) is 5.72. The van der Waals surface area contributed by atoms with E-state index in [0.29, 0.717) is 6.04 Å². The predicted octanol–water partition coefficient (Wildman–Crippen LogP) is 3.27. The maximum atomic E-state index is 4.77. The molecule has 1 aromatic heterocycles. The Morgan fingerprint density at radius 3 is 2.75 bits per heavy atom. The van der Waals surface area contributed by atoms with Crippen LogP contribution in [0.5, 0.6) is 0 Å². The SMILES string of the molecule is Cc1cc(CNC2CC2)cnc1N1CC(C)CCC1C. The van der Waals surface area contributed by atoms with Crippen molar-refractivity contribution in [1.82, 2.24) is 10.3 Å². The van der Waals surface area contributed by atoms with Gasteiger partial charge < -0.3 is 10.2 Å². The van der Waals surface area contributed by atoms with Crippen LogP contribution in [0.1, 0.15) is 50.7 Å². The zero-order valence-corrected chi connectivity index (χ0v) is 13.0. The summed E-state index contributed by atoms with van der Waals surface area (Å²) in [6, 6.07) is 3.69. The Labute approximate surface area is 122 Å². The number of hydrogen-bond donors (Lipinski definition) is 1. The van der Waals surface area contributed by atoms with E-state index in [0.717, 1.165) is 25.0 Å². The summed E-state index contributed by atoms with van der Waals surface area (Å²) in [5, 5.41) is 3.56. The number of aryl methyl sites for hydroxylation is 1. The molecule has 1 saturated carbocycles. The lowest BCUT2D eigenvalue weighted by Gasteiger charge is -2.38. The highest BCUT2D eigenvalue weighted by molar-refractivity contribution is 5.48. The van der Waals surface area contributed by atoms with Crippen molar-refractivity contribution in [3.8, 4) is 0 Å². The van der Waals surface area contributed by atoms with Crippen molar-refractivity contribution in [2.75, 3.05) is 11.4 Å². The zero-order chi connectivity index (χ0) is 14.1. The zero-order valence-electron chi connectivity index (χ0n) is 13.0. The number of nitrogens with zero attached hydrogens (tertiary/aromatic N) is 2. The molecule has 0 aromatic carbocycles. The molecular weight excluding hydrogens is 246 g/mol. The van der Waals surface area contributed by atoms with E-state index in [2.05, 4.69) is 43.3 Å². The Bertz CT molecular complexity index is 467. The standard InChI is InChI=1S/C17H27N3/c1-12-4-5-14(3)20(11-12)17-13(2)8-15(10-19-17)9-18-16-6-7-16/h8,10,12,14,16,18H,4-7,9,11H2,1-3H3. The summed E-state index contributed by atoms with van der Waals surface area (Å²) in [5.74, 6) is 1.97. The van der Waals surface area contributed by atoms with E-state index in [-0.39, 0.29) is 0 Å². The van der Waals surface area contributed by atoms with Crippen LogP contribution in [0, 0.1) is 12.8 Å². The van der Waals surface area contributed by atoms with Crippen LogP contribution in [0.2, 0.25) is 0 Å². The Morgan fingerprint density at radius 1 is 1.25 bits per heavy atom. The average molecular weight is 273 g/mol. The number of aromatic nitrogens is 1. The normalized spacial score (nSPS) is 26.9. The third kappa shape index (κ3) is 3.14. The molecule has 3 nitrogen and oxygen atoms in total. The molecule has 2 unspecified atom stereocenters. The Hall–Kier alpha value is -1.09. The van der Waals surface area contributed by atoms with Gasteiger partial charge in [0.25, 0.3) is 0 Å². The highest BCUT2D eigenvalue weighted by atomic mass is 15.2. The van der Waals surface area contributed by atoms with Crippen molar-refractivity contribution in [3.63, 3.8) is 0 Å². The van der Waals surface area contributed by atoms with Gasteiger partial charge >= 0.3 is 0 Å². The van der Waals surface area contributed by atoms with Crippen LogP contribution in [0.25, 0.3) is 0 Å². The smallest absolute Gasteiger partial charge is 0.131 e. The van der Waals surface area contributed by atoms with Crippen LogP contribution < -0.4 is 10.2 Å². The summed E-state index contributed by atoms with van der Waals surface area (Å²) in [7, 11) is 0. The molecule has 2 fully saturated rings. The summed E-state index contributed by atoms with van der Waals surface area (Å²) in [5.41, 5.74) is 2.64. The molecule has 3 rings (SSSR count). The van der Waals surface area contributed by atoms with Gasteiger partial charge in [0, 0.05) is 31.4 Å². The van der Waals surface area contributed by atoms with Crippen molar-refractivity contribution in [2.45, 2.75) is 65.1 Å². The second-order valence-corrected chi connectivity index (χ2v) is 6.82. The summed E-state index contributed by atoms with van der Waals surface area (Å²) in [6.07, 6.45) is 7.37. The van der Waals surface area contributed by atoms with E-state index >= 15 is 0 Å². The molecule has 2 atom stereocenters. The van der Waals surface area contributed by atoms with Gasteiger partial charge in [0.2, 0.25) is 0 Å². The molecule has 2 heterocycles. The van der Waals surface area contributed by atoms with Crippen molar-refractivity contribution in [1.29, 1.82) is 0 Å². The van der Waals surface area contributed by atoms with Crippen molar-refractivity contribution >= 4 is 5.82 Å². The third-order valence-corrected chi connectivity index (χ3v) is 4.67. The van der Waals surface area contributed by atoms with E-state index in [9.17, 15) is 0 Å². The Balaban J connectivity index is 1.71.